The highest BCUT2D eigenvalue weighted by molar-refractivity contribution is 6.31. The van der Waals surface area contributed by atoms with Crippen molar-refractivity contribution < 1.29 is 14.3 Å². The van der Waals surface area contributed by atoms with Crippen molar-refractivity contribution in [1.82, 2.24) is 4.90 Å². The Morgan fingerprint density at radius 1 is 1.30 bits per heavy atom. The molecule has 1 aliphatic carbocycles. The van der Waals surface area contributed by atoms with Crippen molar-refractivity contribution >= 4 is 23.4 Å². The van der Waals surface area contributed by atoms with Gasteiger partial charge in [-0.3, -0.25) is 9.59 Å². The molecular formula is C17H23ClN2O3. The van der Waals surface area contributed by atoms with E-state index < -0.39 is 5.91 Å². The molecule has 6 heteroatoms. The smallest absolute Gasteiger partial charge is 0.260 e. The van der Waals surface area contributed by atoms with E-state index in [-0.39, 0.29) is 23.8 Å². The molecule has 0 aromatic heterocycles. The summed E-state index contributed by atoms with van der Waals surface area (Å²) in [6, 6.07) is 4.91. The van der Waals surface area contributed by atoms with E-state index in [9.17, 15) is 9.59 Å². The van der Waals surface area contributed by atoms with Crippen molar-refractivity contribution in [2.24, 2.45) is 5.73 Å². The lowest BCUT2D eigenvalue weighted by atomic mass is 9.94. The predicted octanol–water partition coefficient (Wildman–Crippen LogP) is 3.00. The van der Waals surface area contributed by atoms with E-state index in [1.807, 2.05) is 11.8 Å². The number of ether oxygens (including phenoxy) is 1. The topological polar surface area (TPSA) is 72.6 Å². The summed E-state index contributed by atoms with van der Waals surface area (Å²) < 4.78 is 5.54. The third kappa shape index (κ3) is 4.61. The molecule has 1 saturated carbocycles. The summed E-state index contributed by atoms with van der Waals surface area (Å²) in [5, 5.41) is 0.398. The van der Waals surface area contributed by atoms with Crippen LogP contribution >= 0.6 is 11.6 Å². The Morgan fingerprint density at radius 3 is 2.61 bits per heavy atom. The predicted molar refractivity (Wildman–Crippen MR) is 89.7 cm³/mol. The molecule has 0 bridgehead atoms. The van der Waals surface area contributed by atoms with Gasteiger partial charge in [-0.15, -0.1) is 0 Å². The van der Waals surface area contributed by atoms with Gasteiger partial charge in [0, 0.05) is 17.6 Å². The number of hydrogen-bond acceptors (Lipinski definition) is 3. The van der Waals surface area contributed by atoms with Crippen molar-refractivity contribution in [3.63, 3.8) is 0 Å². The molecule has 5 nitrogen and oxygen atoms in total. The molecule has 1 aromatic rings. The Hall–Kier alpha value is -1.75. The quantitative estimate of drug-likeness (QED) is 0.866. The molecule has 0 radical (unpaired) electrons. The number of amides is 2. The molecule has 1 aliphatic rings. The number of hydrogen-bond donors (Lipinski definition) is 1. The van der Waals surface area contributed by atoms with Crippen LogP contribution in [0, 0.1) is 0 Å². The Kier molecular flexibility index (Phi) is 6.28. The minimum absolute atomic E-state index is 0.0650. The lowest BCUT2D eigenvalue weighted by Gasteiger charge is -2.33. The molecule has 1 aromatic carbocycles. The van der Waals surface area contributed by atoms with Gasteiger partial charge in [0.2, 0.25) is 0 Å². The van der Waals surface area contributed by atoms with Gasteiger partial charge in [-0.05, 0) is 38.0 Å². The van der Waals surface area contributed by atoms with Crippen LogP contribution in [0.2, 0.25) is 5.02 Å². The molecule has 2 amide bonds. The van der Waals surface area contributed by atoms with E-state index >= 15 is 0 Å². The van der Waals surface area contributed by atoms with Gasteiger partial charge in [0.1, 0.15) is 5.75 Å². The first-order chi connectivity index (χ1) is 11.0. The van der Waals surface area contributed by atoms with Crippen molar-refractivity contribution in [1.29, 1.82) is 0 Å². The minimum atomic E-state index is -0.630. The molecule has 23 heavy (non-hydrogen) atoms. The summed E-state index contributed by atoms with van der Waals surface area (Å²) >= 11 is 5.86. The van der Waals surface area contributed by atoms with Crippen LogP contribution in [-0.2, 0) is 4.79 Å². The summed E-state index contributed by atoms with van der Waals surface area (Å²) in [7, 11) is 0. The third-order valence-corrected chi connectivity index (χ3v) is 4.47. The number of carbonyl (C=O) groups excluding carboxylic acids is 2. The van der Waals surface area contributed by atoms with Crippen LogP contribution in [0.5, 0.6) is 5.75 Å². The maximum atomic E-state index is 12.5. The van der Waals surface area contributed by atoms with Gasteiger partial charge in [-0.25, -0.2) is 0 Å². The zero-order chi connectivity index (χ0) is 16.8. The van der Waals surface area contributed by atoms with E-state index in [2.05, 4.69) is 0 Å². The highest BCUT2D eigenvalue weighted by Gasteiger charge is 2.24. The summed E-state index contributed by atoms with van der Waals surface area (Å²) in [6.45, 7) is 2.53. The zero-order valence-corrected chi connectivity index (χ0v) is 14.1. The van der Waals surface area contributed by atoms with Gasteiger partial charge >= 0.3 is 0 Å². The number of nitrogens with two attached hydrogens (primary N) is 1. The second kappa shape index (κ2) is 8.20. The fourth-order valence-corrected chi connectivity index (χ4v) is 3.25. The lowest BCUT2D eigenvalue weighted by molar-refractivity contribution is -0.136. The van der Waals surface area contributed by atoms with Crippen LogP contribution < -0.4 is 10.5 Å². The molecule has 0 spiro atoms. The Morgan fingerprint density at radius 2 is 2.00 bits per heavy atom. The highest BCUT2D eigenvalue weighted by Crippen LogP contribution is 2.24. The Labute approximate surface area is 141 Å². The minimum Gasteiger partial charge on any atom is -0.483 e. The fourth-order valence-electron chi connectivity index (χ4n) is 3.07. The van der Waals surface area contributed by atoms with Gasteiger partial charge < -0.3 is 15.4 Å². The van der Waals surface area contributed by atoms with Crippen LogP contribution in [0.3, 0.4) is 0 Å². The molecule has 0 unspecified atom stereocenters. The summed E-state index contributed by atoms with van der Waals surface area (Å²) in [4.78, 5) is 25.8. The van der Waals surface area contributed by atoms with Crippen molar-refractivity contribution in [3.05, 3.63) is 28.8 Å². The molecule has 0 saturated heterocycles. The normalized spacial score (nSPS) is 15.2. The molecule has 126 valence electrons. The molecule has 0 aliphatic heterocycles. The van der Waals surface area contributed by atoms with Gasteiger partial charge in [0.05, 0.1) is 5.56 Å². The summed E-state index contributed by atoms with van der Waals surface area (Å²) in [6.07, 6.45) is 5.67. The summed E-state index contributed by atoms with van der Waals surface area (Å²) in [5.74, 6) is -0.408. The molecular weight excluding hydrogens is 316 g/mol. The van der Waals surface area contributed by atoms with Crippen molar-refractivity contribution in [2.75, 3.05) is 13.2 Å². The van der Waals surface area contributed by atoms with E-state index in [4.69, 9.17) is 22.1 Å². The first-order valence-electron chi connectivity index (χ1n) is 8.04. The lowest BCUT2D eigenvalue weighted by Crippen LogP contribution is -2.43. The number of primary amides is 1. The number of carbonyl (C=O) groups is 2. The maximum absolute atomic E-state index is 12.5. The fraction of sp³-hybridized carbons (Fsp3) is 0.529. The molecule has 1 fully saturated rings. The molecule has 2 rings (SSSR count). The number of nitrogens with zero attached hydrogens (tertiary/aromatic N) is 1. The average Bonchev–Trinajstić information content (AvgIpc) is 2.55. The number of benzene rings is 1. The van der Waals surface area contributed by atoms with Gasteiger partial charge in [-0.1, -0.05) is 30.9 Å². The molecule has 0 atom stereocenters. The third-order valence-electron chi connectivity index (χ3n) is 4.23. The first kappa shape index (κ1) is 17.6. The largest absolute Gasteiger partial charge is 0.483 e. The van der Waals surface area contributed by atoms with Crippen LogP contribution in [0.25, 0.3) is 0 Å². The van der Waals surface area contributed by atoms with Crippen LogP contribution in [0.1, 0.15) is 49.4 Å². The van der Waals surface area contributed by atoms with E-state index in [0.717, 1.165) is 25.7 Å². The average molecular weight is 339 g/mol. The number of halogens is 1. The highest BCUT2D eigenvalue weighted by atomic mass is 35.5. The maximum Gasteiger partial charge on any atom is 0.260 e. The Bertz CT molecular complexity index is 571. The standard InChI is InChI=1S/C17H23ClN2O3/c1-2-20(13-6-4-3-5-7-13)16(21)11-23-15-9-8-12(18)10-14(15)17(19)22/h8-10,13H,2-7,11H2,1H3,(H2,19,22). The molecule has 0 heterocycles. The second-order valence-electron chi connectivity index (χ2n) is 5.76. The van der Waals surface area contributed by atoms with E-state index in [1.165, 1.54) is 12.5 Å². The number of likely N-dealkylation sites (N-methyl/N-ethyl adjacent to an activating group) is 1. The number of rotatable bonds is 6. The zero-order valence-electron chi connectivity index (χ0n) is 13.4. The van der Waals surface area contributed by atoms with Crippen molar-refractivity contribution in [2.45, 2.75) is 45.1 Å². The van der Waals surface area contributed by atoms with Crippen LogP contribution in [0.4, 0.5) is 0 Å². The summed E-state index contributed by atoms with van der Waals surface area (Å²) in [5.41, 5.74) is 5.51. The van der Waals surface area contributed by atoms with Crippen molar-refractivity contribution in [3.8, 4) is 5.75 Å². The van der Waals surface area contributed by atoms with Gasteiger partial charge in [-0.2, -0.15) is 0 Å². The van der Waals surface area contributed by atoms with E-state index in [1.54, 1.807) is 12.1 Å². The molecule has 2 N–H and O–H groups in total. The van der Waals surface area contributed by atoms with Gasteiger partial charge in [0.15, 0.2) is 6.61 Å². The Balaban J connectivity index is 2.01. The monoisotopic (exact) mass is 338 g/mol. The van der Waals surface area contributed by atoms with Gasteiger partial charge in [0.25, 0.3) is 11.8 Å². The SMILES string of the molecule is CCN(C(=O)COc1ccc(Cl)cc1C(N)=O)C1CCCCC1. The van der Waals surface area contributed by atoms with E-state index in [0.29, 0.717) is 17.6 Å². The van der Waals surface area contributed by atoms with Crippen LogP contribution in [0.15, 0.2) is 18.2 Å². The first-order valence-corrected chi connectivity index (χ1v) is 8.42. The van der Waals surface area contributed by atoms with Crippen LogP contribution in [-0.4, -0.2) is 35.9 Å². The second-order valence-corrected chi connectivity index (χ2v) is 6.20.